The molecule has 2 aliphatic rings. The van der Waals surface area contributed by atoms with Crippen LogP contribution in [0.2, 0.25) is 0 Å². The quantitative estimate of drug-likeness (QED) is 0.553. The van der Waals surface area contributed by atoms with Crippen molar-refractivity contribution in [3.8, 4) is 0 Å². The molecule has 88 valence electrons. The van der Waals surface area contributed by atoms with Gasteiger partial charge in [0, 0.05) is 6.04 Å². The molecular formula is C13H26N2. The van der Waals surface area contributed by atoms with Crippen molar-refractivity contribution >= 4 is 0 Å². The van der Waals surface area contributed by atoms with Gasteiger partial charge in [-0.2, -0.15) is 0 Å². The molecule has 0 aromatic rings. The van der Waals surface area contributed by atoms with Crippen LogP contribution < -0.4 is 11.3 Å². The second-order valence-corrected chi connectivity index (χ2v) is 5.97. The van der Waals surface area contributed by atoms with E-state index in [1.54, 1.807) is 0 Å². The lowest BCUT2D eigenvalue weighted by Crippen LogP contribution is -2.46. The van der Waals surface area contributed by atoms with Crippen LogP contribution in [0, 0.1) is 11.3 Å². The summed E-state index contributed by atoms with van der Waals surface area (Å²) in [5.41, 5.74) is 3.59. The van der Waals surface area contributed by atoms with Gasteiger partial charge in [0.1, 0.15) is 0 Å². The van der Waals surface area contributed by atoms with Crippen LogP contribution in [0.5, 0.6) is 0 Å². The van der Waals surface area contributed by atoms with Crippen molar-refractivity contribution in [3.05, 3.63) is 0 Å². The smallest absolute Gasteiger partial charge is 0.0266 e. The van der Waals surface area contributed by atoms with Crippen molar-refractivity contribution in [2.24, 2.45) is 17.2 Å². The van der Waals surface area contributed by atoms with Gasteiger partial charge >= 0.3 is 0 Å². The monoisotopic (exact) mass is 210 g/mol. The highest BCUT2D eigenvalue weighted by Crippen LogP contribution is 2.43. The minimum atomic E-state index is 0.483. The van der Waals surface area contributed by atoms with Crippen LogP contribution >= 0.6 is 0 Å². The van der Waals surface area contributed by atoms with Crippen LogP contribution in [0.4, 0.5) is 0 Å². The zero-order chi connectivity index (χ0) is 10.7. The highest BCUT2D eigenvalue weighted by molar-refractivity contribution is 4.92. The second kappa shape index (κ2) is 4.84. The molecule has 0 amide bonds. The summed E-state index contributed by atoms with van der Waals surface area (Å²) in [6.07, 6.45) is 12.6. The molecule has 1 unspecified atom stereocenters. The van der Waals surface area contributed by atoms with Gasteiger partial charge in [-0.3, -0.25) is 11.3 Å². The summed E-state index contributed by atoms with van der Waals surface area (Å²) in [7, 11) is 0. The number of rotatable bonds is 4. The van der Waals surface area contributed by atoms with E-state index in [1.165, 1.54) is 57.8 Å². The van der Waals surface area contributed by atoms with Gasteiger partial charge in [0.15, 0.2) is 0 Å². The summed E-state index contributed by atoms with van der Waals surface area (Å²) in [6.45, 7) is 2.43. The lowest BCUT2D eigenvalue weighted by Gasteiger charge is -2.35. The molecule has 0 radical (unpaired) electrons. The normalized spacial score (nSPS) is 28.4. The number of hydrogen-bond acceptors (Lipinski definition) is 2. The highest BCUT2D eigenvalue weighted by atomic mass is 15.2. The van der Waals surface area contributed by atoms with E-state index in [-0.39, 0.29) is 0 Å². The molecule has 0 heterocycles. The Morgan fingerprint density at radius 1 is 1.20 bits per heavy atom. The summed E-state index contributed by atoms with van der Waals surface area (Å²) in [6, 6.07) is 0.558. The first-order chi connectivity index (χ1) is 7.24. The number of hydrogen-bond donors (Lipinski definition) is 2. The Hall–Kier alpha value is -0.0800. The molecule has 2 aliphatic carbocycles. The molecule has 0 saturated heterocycles. The minimum Gasteiger partial charge on any atom is -0.271 e. The maximum absolute atomic E-state index is 5.77. The van der Waals surface area contributed by atoms with Crippen molar-refractivity contribution in [3.63, 3.8) is 0 Å². The summed E-state index contributed by atoms with van der Waals surface area (Å²) in [5, 5.41) is 0. The van der Waals surface area contributed by atoms with Gasteiger partial charge in [-0.05, 0) is 30.6 Å². The van der Waals surface area contributed by atoms with E-state index in [9.17, 15) is 0 Å². The van der Waals surface area contributed by atoms with Crippen molar-refractivity contribution in [2.75, 3.05) is 0 Å². The van der Waals surface area contributed by atoms with Crippen LogP contribution in [0.1, 0.15) is 64.7 Å². The maximum atomic E-state index is 5.77. The predicted molar refractivity (Wildman–Crippen MR) is 64.3 cm³/mol. The maximum Gasteiger partial charge on any atom is 0.0266 e. The SMILES string of the molecule is CC1(C(CC2CCCC2)NN)CCCC1. The molecule has 2 heteroatoms. The molecule has 15 heavy (non-hydrogen) atoms. The van der Waals surface area contributed by atoms with E-state index in [2.05, 4.69) is 12.3 Å². The molecule has 2 saturated carbocycles. The summed E-state index contributed by atoms with van der Waals surface area (Å²) < 4.78 is 0. The fourth-order valence-electron chi connectivity index (χ4n) is 3.66. The largest absolute Gasteiger partial charge is 0.271 e. The van der Waals surface area contributed by atoms with E-state index in [4.69, 9.17) is 5.84 Å². The van der Waals surface area contributed by atoms with Crippen LogP contribution in [0.3, 0.4) is 0 Å². The Balaban J connectivity index is 1.90. The average molecular weight is 210 g/mol. The van der Waals surface area contributed by atoms with Crippen LogP contribution in [0.25, 0.3) is 0 Å². The van der Waals surface area contributed by atoms with Crippen LogP contribution in [0.15, 0.2) is 0 Å². The topological polar surface area (TPSA) is 38.0 Å². The van der Waals surface area contributed by atoms with E-state index in [0.29, 0.717) is 11.5 Å². The molecule has 2 fully saturated rings. The third-order valence-corrected chi connectivity index (χ3v) is 4.83. The minimum absolute atomic E-state index is 0.483. The third kappa shape index (κ3) is 2.54. The van der Waals surface area contributed by atoms with E-state index in [0.717, 1.165) is 5.92 Å². The predicted octanol–water partition coefficient (Wildman–Crippen LogP) is 2.98. The van der Waals surface area contributed by atoms with Crippen molar-refractivity contribution < 1.29 is 0 Å². The highest BCUT2D eigenvalue weighted by Gasteiger charge is 2.37. The lowest BCUT2D eigenvalue weighted by molar-refractivity contribution is 0.189. The van der Waals surface area contributed by atoms with Gasteiger partial charge in [-0.25, -0.2) is 0 Å². The molecule has 3 N–H and O–H groups in total. The number of hydrazine groups is 1. The molecule has 2 rings (SSSR count). The van der Waals surface area contributed by atoms with Gasteiger partial charge in [-0.1, -0.05) is 45.4 Å². The summed E-state index contributed by atoms with van der Waals surface area (Å²) in [5.74, 6) is 6.71. The molecule has 0 bridgehead atoms. The first-order valence-corrected chi connectivity index (χ1v) is 6.71. The molecule has 1 atom stereocenters. The molecule has 0 aromatic carbocycles. The Kier molecular flexibility index (Phi) is 3.68. The first kappa shape index (κ1) is 11.4. The number of nitrogens with two attached hydrogens (primary N) is 1. The molecule has 2 nitrogen and oxygen atoms in total. The van der Waals surface area contributed by atoms with Crippen molar-refractivity contribution in [1.82, 2.24) is 5.43 Å². The fourth-order valence-corrected chi connectivity index (χ4v) is 3.66. The third-order valence-electron chi connectivity index (χ3n) is 4.83. The Labute approximate surface area is 94.0 Å². The molecule has 0 aliphatic heterocycles. The van der Waals surface area contributed by atoms with Gasteiger partial charge < -0.3 is 0 Å². The van der Waals surface area contributed by atoms with E-state index < -0.39 is 0 Å². The molecule has 0 aromatic heterocycles. The molecular weight excluding hydrogens is 184 g/mol. The van der Waals surface area contributed by atoms with Gasteiger partial charge in [0.25, 0.3) is 0 Å². The second-order valence-electron chi connectivity index (χ2n) is 5.97. The zero-order valence-electron chi connectivity index (χ0n) is 10.1. The summed E-state index contributed by atoms with van der Waals surface area (Å²) >= 11 is 0. The van der Waals surface area contributed by atoms with Crippen molar-refractivity contribution in [1.29, 1.82) is 0 Å². The van der Waals surface area contributed by atoms with Gasteiger partial charge in [0.2, 0.25) is 0 Å². The zero-order valence-corrected chi connectivity index (χ0v) is 10.1. The van der Waals surface area contributed by atoms with E-state index >= 15 is 0 Å². The Morgan fingerprint density at radius 3 is 2.33 bits per heavy atom. The summed E-state index contributed by atoms with van der Waals surface area (Å²) in [4.78, 5) is 0. The molecule has 0 spiro atoms. The van der Waals surface area contributed by atoms with Crippen LogP contribution in [-0.2, 0) is 0 Å². The van der Waals surface area contributed by atoms with Gasteiger partial charge in [0.05, 0.1) is 0 Å². The first-order valence-electron chi connectivity index (χ1n) is 6.71. The number of nitrogens with one attached hydrogen (secondary N) is 1. The van der Waals surface area contributed by atoms with E-state index in [1.807, 2.05) is 0 Å². The standard InChI is InChI=1S/C13H26N2/c1-13(8-4-5-9-13)12(15-14)10-11-6-2-3-7-11/h11-12,15H,2-10,14H2,1H3. The van der Waals surface area contributed by atoms with Crippen molar-refractivity contribution in [2.45, 2.75) is 70.8 Å². The lowest BCUT2D eigenvalue weighted by atomic mass is 9.76. The van der Waals surface area contributed by atoms with Crippen LogP contribution in [-0.4, -0.2) is 6.04 Å². The van der Waals surface area contributed by atoms with Gasteiger partial charge in [-0.15, -0.1) is 0 Å². The fraction of sp³-hybridized carbons (Fsp3) is 1.00. The Bertz CT molecular complexity index is 191. The average Bonchev–Trinajstić information content (AvgIpc) is 2.85. The Morgan fingerprint density at radius 2 is 1.80 bits per heavy atom.